The van der Waals surface area contributed by atoms with Crippen molar-refractivity contribution in [3.8, 4) is 0 Å². The van der Waals surface area contributed by atoms with Gasteiger partial charge >= 0.3 is 22.8 Å². The van der Waals surface area contributed by atoms with E-state index in [-0.39, 0.29) is 0 Å². The molecule has 0 saturated heterocycles. The second-order valence-corrected chi connectivity index (χ2v) is 6.96. The molecular formula is H6O9P3+. The highest BCUT2D eigenvalue weighted by Crippen LogP contribution is 2.71. The Morgan fingerprint density at radius 2 is 0.917 bits per heavy atom. The van der Waals surface area contributed by atoms with Crippen LogP contribution in [0.15, 0.2) is 0 Å². The van der Waals surface area contributed by atoms with Crippen molar-refractivity contribution in [1.29, 1.82) is 0 Å². The van der Waals surface area contributed by atoms with Crippen LogP contribution < -0.4 is 0 Å². The molecule has 0 aliphatic heterocycles. The van der Waals surface area contributed by atoms with Crippen LogP contribution in [0.25, 0.3) is 0 Å². The van der Waals surface area contributed by atoms with Crippen LogP contribution in [0.5, 0.6) is 0 Å². The fourth-order valence-corrected chi connectivity index (χ4v) is 0. The van der Waals surface area contributed by atoms with Crippen molar-refractivity contribution in [2.24, 2.45) is 0 Å². The molecule has 74 valence electrons. The van der Waals surface area contributed by atoms with Gasteiger partial charge in [-0.2, -0.15) is 0 Å². The second-order valence-electron chi connectivity index (χ2n) is 1.28. The molecule has 0 aliphatic rings. The molecule has 0 spiro atoms. The van der Waals surface area contributed by atoms with E-state index in [0.717, 1.165) is 0 Å². The summed E-state index contributed by atoms with van der Waals surface area (Å²) in [6.45, 7) is 0. The van der Waals surface area contributed by atoms with Crippen LogP contribution in [0.4, 0.5) is 0 Å². The maximum Gasteiger partial charge on any atom is 0.692 e. The van der Waals surface area contributed by atoms with E-state index < -0.39 is 22.8 Å². The highest BCUT2D eigenvalue weighted by Gasteiger charge is 2.37. The van der Waals surface area contributed by atoms with Crippen LogP contribution >= 0.6 is 22.8 Å². The topological polar surface area (TPSA) is 173 Å². The molecule has 0 saturated carbocycles. The van der Waals surface area contributed by atoms with E-state index in [0.29, 0.717) is 0 Å². The average Bonchev–Trinajstić information content (AvgIpc) is 1.55. The average molecular weight is 243 g/mol. The van der Waals surface area contributed by atoms with Crippen LogP contribution in [0.2, 0.25) is 0 Å². The van der Waals surface area contributed by atoms with Crippen molar-refractivity contribution in [3.63, 3.8) is 0 Å². The lowest BCUT2D eigenvalue weighted by molar-refractivity contribution is 0.340. The Labute approximate surface area is 66.8 Å². The minimum absolute atomic E-state index is 2.87. The molecule has 0 aromatic carbocycles. The molecule has 0 heterocycles. The van der Waals surface area contributed by atoms with Crippen molar-refractivity contribution in [1.82, 2.24) is 0 Å². The molecular weight excluding hydrogens is 237 g/mol. The van der Waals surface area contributed by atoms with Gasteiger partial charge in [0.05, 0.1) is 0 Å². The lowest BCUT2D eigenvalue weighted by Gasteiger charge is -2.02. The Bertz CT molecular complexity index is 202. The Balaban J connectivity index is 0. The Morgan fingerprint density at radius 1 is 0.833 bits per heavy atom. The molecule has 6 N–H and O–H groups in total. The van der Waals surface area contributed by atoms with Gasteiger partial charge in [-0.1, -0.05) is 0 Å². The van der Waals surface area contributed by atoms with Crippen molar-refractivity contribution >= 4 is 22.8 Å². The first-order valence-electron chi connectivity index (χ1n) is 1.95. The molecule has 0 bridgehead atoms. The Hall–Kier alpha value is 0.320. The molecule has 0 aromatic rings. The summed E-state index contributed by atoms with van der Waals surface area (Å²) < 4.78 is 27.9. The van der Waals surface area contributed by atoms with Crippen LogP contribution in [0.3, 0.4) is 0 Å². The lowest BCUT2D eigenvalue weighted by Crippen LogP contribution is -1.78. The first-order chi connectivity index (χ1) is 4.98. The molecule has 0 rings (SSSR count). The maximum atomic E-state index is 9.58. The van der Waals surface area contributed by atoms with E-state index in [9.17, 15) is 9.13 Å². The minimum atomic E-state index is -5.18. The fourth-order valence-electron chi connectivity index (χ4n) is 0. The summed E-state index contributed by atoms with van der Waals surface area (Å²) in [5.74, 6) is 0. The third-order valence-corrected chi connectivity index (χ3v) is 3.05. The standard InChI is InChI=1S/H4O6P2.HO3P/c1-7(2,3)8(4,5)6;1-4(2)3/h(H2,1,2,3)(H2,4,5,6);(H-,1,2,3)/p+1. The van der Waals surface area contributed by atoms with Crippen molar-refractivity contribution < 1.29 is 43.1 Å². The molecule has 9 nitrogen and oxygen atoms in total. The zero-order valence-electron chi connectivity index (χ0n) is 5.25. The summed E-state index contributed by atoms with van der Waals surface area (Å²) in [7, 11) is -13.2. The summed E-state index contributed by atoms with van der Waals surface area (Å²) in [6, 6.07) is 0. The largest absolute Gasteiger partial charge is 0.692 e. The molecule has 0 aromatic heterocycles. The van der Waals surface area contributed by atoms with E-state index in [1.807, 2.05) is 0 Å². The summed E-state index contributed by atoms with van der Waals surface area (Å²) in [4.78, 5) is 45.0. The maximum absolute atomic E-state index is 9.58. The summed E-state index contributed by atoms with van der Waals surface area (Å²) in [5.41, 5.74) is 0. The third kappa shape index (κ3) is 10.3. The van der Waals surface area contributed by atoms with Crippen molar-refractivity contribution in [2.45, 2.75) is 0 Å². The number of hydrogen-bond acceptors (Lipinski definition) is 3. The lowest BCUT2D eigenvalue weighted by atomic mass is 15.8. The van der Waals surface area contributed by atoms with E-state index in [4.69, 9.17) is 33.9 Å². The van der Waals surface area contributed by atoms with Gasteiger partial charge < -0.3 is 19.6 Å². The Morgan fingerprint density at radius 3 is 0.917 bits per heavy atom. The van der Waals surface area contributed by atoms with Gasteiger partial charge in [-0.15, -0.1) is 9.79 Å². The normalized spacial score (nSPS) is 11.5. The van der Waals surface area contributed by atoms with E-state index in [1.165, 1.54) is 0 Å². The van der Waals surface area contributed by atoms with Gasteiger partial charge in [0.2, 0.25) is 0 Å². The second kappa shape index (κ2) is 5.14. The number of hydrogen-bond donors (Lipinski definition) is 6. The molecule has 0 amide bonds. The summed E-state index contributed by atoms with van der Waals surface area (Å²) >= 11 is 0. The first-order valence-corrected chi connectivity index (χ1v) is 7.04. The SMILES string of the molecule is O=P(O)(O)P(=O)(O)O.O=[P+](O)O. The fraction of sp³-hybridized carbons (Fsp3) is 0. The molecule has 0 atom stereocenters. The Kier molecular flexibility index (Phi) is 6.35. The molecule has 12 heavy (non-hydrogen) atoms. The summed E-state index contributed by atoms with van der Waals surface area (Å²) in [6.07, 6.45) is 0. The van der Waals surface area contributed by atoms with E-state index >= 15 is 0 Å². The zero-order chi connectivity index (χ0) is 10.6. The van der Waals surface area contributed by atoms with Crippen molar-refractivity contribution in [2.75, 3.05) is 0 Å². The smallest absolute Gasteiger partial charge is 0.316 e. The molecule has 0 unspecified atom stereocenters. The third-order valence-electron chi connectivity index (χ3n) is 0.339. The van der Waals surface area contributed by atoms with E-state index in [1.54, 1.807) is 0 Å². The van der Waals surface area contributed by atoms with Crippen LogP contribution in [0, 0.1) is 0 Å². The predicted molar refractivity (Wildman–Crippen MR) is 36.1 cm³/mol. The van der Waals surface area contributed by atoms with Gasteiger partial charge in [0.1, 0.15) is 0 Å². The highest BCUT2D eigenvalue weighted by atomic mass is 32.1. The van der Waals surface area contributed by atoms with E-state index in [2.05, 4.69) is 0 Å². The van der Waals surface area contributed by atoms with Gasteiger partial charge in [0.15, 0.2) is 0 Å². The van der Waals surface area contributed by atoms with Crippen LogP contribution in [0.1, 0.15) is 0 Å². The van der Waals surface area contributed by atoms with Gasteiger partial charge in [-0.05, 0) is 0 Å². The quantitative estimate of drug-likeness (QED) is 0.312. The predicted octanol–water partition coefficient (Wildman–Crippen LogP) is -1.11. The van der Waals surface area contributed by atoms with Gasteiger partial charge in [0, 0.05) is 4.57 Å². The van der Waals surface area contributed by atoms with Gasteiger partial charge in [-0.3, -0.25) is 0 Å². The number of rotatable bonds is 1. The van der Waals surface area contributed by atoms with Gasteiger partial charge in [-0.25, -0.2) is 9.13 Å². The van der Waals surface area contributed by atoms with Crippen molar-refractivity contribution in [3.05, 3.63) is 0 Å². The monoisotopic (exact) mass is 243 g/mol. The minimum Gasteiger partial charge on any atom is -0.316 e. The molecule has 0 fully saturated rings. The first kappa shape index (κ1) is 14.8. The van der Waals surface area contributed by atoms with Crippen LogP contribution in [-0.4, -0.2) is 29.4 Å². The highest BCUT2D eigenvalue weighted by molar-refractivity contribution is 8.26. The molecule has 12 heteroatoms. The molecule has 0 aliphatic carbocycles. The summed E-state index contributed by atoms with van der Waals surface area (Å²) in [5, 5.41) is 0. The molecule has 0 radical (unpaired) electrons. The van der Waals surface area contributed by atoms with Gasteiger partial charge in [0.25, 0.3) is 0 Å². The zero-order valence-corrected chi connectivity index (χ0v) is 7.93. The van der Waals surface area contributed by atoms with Crippen LogP contribution in [-0.2, 0) is 13.7 Å².